The Kier molecular flexibility index (Phi) is 4.32. The maximum atomic E-state index is 11.5. The molecule has 0 heterocycles. The van der Waals surface area contributed by atoms with Gasteiger partial charge in [-0.05, 0) is 19.8 Å². The van der Waals surface area contributed by atoms with E-state index in [0.29, 0.717) is 12.8 Å². The van der Waals surface area contributed by atoms with Crippen molar-refractivity contribution in [2.45, 2.75) is 51.0 Å². The summed E-state index contributed by atoms with van der Waals surface area (Å²) in [7, 11) is -3.47. The van der Waals surface area contributed by atoms with Gasteiger partial charge in [0, 0.05) is 0 Å². The van der Waals surface area contributed by atoms with Crippen LogP contribution in [0.1, 0.15) is 45.4 Å². The molecule has 0 spiro atoms. The maximum absolute atomic E-state index is 11.5. The van der Waals surface area contributed by atoms with E-state index in [1.54, 1.807) is 0 Å². The van der Waals surface area contributed by atoms with Crippen LogP contribution < -0.4 is 4.72 Å². The first-order valence-corrected chi connectivity index (χ1v) is 7.32. The van der Waals surface area contributed by atoms with E-state index in [4.69, 9.17) is 0 Å². The molecule has 0 radical (unpaired) electrons. The van der Waals surface area contributed by atoms with Crippen molar-refractivity contribution in [2.24, 2.45) is 0 Å². The smallest absolute Gasteiger partial charge is 0.324 e. The van der Waals surface area contributed by atoms with Gasteiger partial charge in [-0.25, -0.2) is 8.42 Å². The molecule has 1 saturated carbocycles. The van der Waals surface area contributed by atoms with Crippen molar-refractivity contribution < 1.29 is 18.3 Å². The molecule has 1 aliphatic carbocycles. The SMILES string of the molecule is CCS(=O)(=O)NC1(C(=O)O)CCCCCC1. The van der Waals surface area contributed by atoms with E-state index in [1.807, 2.05) is 0 Å². The summed E-state index contributed by atoms with van der Waals surface area (Å²) < 4.78 is 25.4. The molecule has 0 aromatic heterocycles. The van der Waals surface area contributed by atoms with Gasteiger partial charge in [0.1, 0.15) is 5.54 Å². The number of carboxylic acid groups (broad SMARTS) is 1. The van der Waals surface area contributed by atoms with Crippen LogP contribution in [0, 0.1) is 0 Å². The lowest BCUT2D eigenvalue weighted by Crippen LogP contribution is -2.54. The van der Waals surface area contributed by atoms with Gasteiger partial charge < -0.3 is 5.11 Å². The molecule has 16 heavy (non-hydrogen) atoms. The fourth-order valence-electron chi connectivity index (χ4n) is 2.06. The van der Waals surface area contributed by atoms with Gasteiger partial charge in [0.15, 0.2) is 0 Å². The number of aliphatic carboxylic acids is 1. The number of nitrogens with one attached hydrogen (secondary N) is 1. The Morgan fingerprint density at radius 2 is 1.75 bits per heavy atom. The molecule has 0 saturated heterocycles. The lowest BCUT2D eigenvalue weighted by Gasteiger charge is -2.28. The number of carbonyl (C=O) groups is 1. The Morgan fingerprint density at radius 3 is 2.12 bits per heavy atom. The molecule has 0 aliphatic heterocycles. The number of hydrogen-bond donors (Lipinski definition) is 2. The van der Waals surface area contributed by atoms with Crippen molar-refractivity contribution in [3.63, 3.8) is 0 Å². The third-order valence-corrected chi connectivity index (χ3v) is 4.56. The molecule has 0 unspecified atom stereocenters. The highest BCUT2D eigenvalue weighted by Crippen LogP contribution is 2.28. The molecule has 1 fully saturated rings. The molecular formula is C10H19NO4S. The summed E-state index contributed by atoms with van der Waals surface area (Å²) in [5.74, 6) is -1.13. The van der Waals surface area contributed by atoms with Crippen molar-refractivity contribution in [3.05, 3.63) is 0 Å². The topological polar surface area (TPSA) is 83.5 Å². The first-order chi connectivity index (χ1) is 7.42. The third kappa shape index (κ3) is 3.18. The van der Waals surface area contributed by atoms with Gasteiger partial charge in [-0.2, -0.15) is 4.72 Å². The summed E-state index contributed by atoms with van der Waals surface area (Å²) in [6.45, 7) is 1.51. The Morgan fingerprint density at radius 1 is 1.25 bits per heavy atom. The van der Waals surface area contributed by atoms with Gasteiger partial charge in [0.2, 0.25) is 10.0 Å². The quantitative estimate of drug-likeness (QED) is 0.731. The lowest BCUT2D eigenvalue weighted by molar-refractivity contribution is -0.144. The van der Waals surface area contributed by atoms with Crippen molar-refractivity contribution in [2.75, 3.05) is 5.75 Å². The molecule has 2 N–H and O–H groups in total. The summed E-state index contributed by atoms with van der Waals surface area (Å²) in [5.41, 5.74) is -1.27. The van der Waals surface area contributed by atoms with Crippen molar-refractivity contribution in [3.8, 4) is 0 Å². The molecular weight excluding hydrogens is 230 g/mol. The lowest BCUT2D eigenvalue weighted by atomic mass is 9.92. The van der Waals surface area contributed by atoms with Gasteiger partial charge >= 0.3 is 5.97 Å². The minimum atomic E-state index is -3.47. The largest absolute Gasteiger partial charge is 0.480 e. The molecule has 0 atom stereocenters. The van der Waals surface area contributed by atoms with E-state index in [0.717, 1.165) is 25.7 Å². The molecule has 0 bridgehead atoms. The van der Waals surface area contributed by atoms with Gasteiger partial charge in [0.05, 0.1) is 5.75 Å². The minimum Gasteiger partial charge on any atom is -0.480 e. The maximum Gasteiger partial charge on any atom is 0.324 e. The minimum absolute atomic E-state index is 0.0813. The van der Waals surface area contributed by atoms with E-state index in [-0.39, 0.29) is 5.75 Å². The zero-order valence-electron chi connectivity index (χ0n) is 9.53. The van der Waals surface area contributed by atoms with E-state index < -0.39 is 21.5 Å². The number of hydrogen-bond acceptors (Lipinski definition) is 3. The van der Waals surface area contributed by atoms with E-state index in [9.17, 15) is 18.3 Å². The first kappa shape index (κ1) is 13.4. The first-order valence-electron chi connectivity index (χ1n) is 5.67. The second-order valence-electron chi connectivity index (χ2n) is 4.31. The van der Waals surface area contributed by atoms with Crippen molar-refractivity contribution in [1.29, 1.82) is 0 Å². The Hall–Kier alpha value is -0.620. The number of rotatable bonds is 4. The summed E-state index contributed by atoms with van der Waals surface area (Å²) >= 11 is 0. The molecule has 94 valence electrons. The zero-order chi connectivity index (χ0) is 12.2. The van der Waals surface area contributed by atoms with Gasteiger partial charge in [-0.1, -0.05) is 25.7 Å². The highest BCUT2D eigenvalue weighted by Gasteiger charge is 2.41. The Labute approximate surface area is 96.3 Å². The van der Waals surface area contributed by atoms with Crippen LogP contribution in [-0.4, -0.2) is 30.8 Å². The molecule has 5 nitrogen and oxygen atoms in total. The summed E-state index contributed by atoms with van der Waals surface area (Å²) in [5, 5.41) is 9.25. The highest BCUT2D eigenvalue weighted by molar-refractivity contribution is 7.89. The molecule has 6 heteroatoms. The molecule has 0 aromatic rings. The average Bonchev–Trinajstić information content (AvgIpc) is 2.44. The van der Waals surface area contributed by atoms with Crippen molar-refractivity contribution in [1.82, 2.24) is 4.72 Å². The van der Waals surface area contributed by atoms with Crippen LogP contribution >= 0.6 is 0 Å². The monoisotopic (exact) mass is 249 g/mol. The highest BCUT2D eigenvalue weighted by atomic mass is 32.2. The number of sulfonamides is 1. The van der Waals surface area contributed by atoms with Crippen LogP contribution in [0.4, 0.5) is 0 Å². The fourth-order valence-corrected chi connectivity index (χ4v) is 3.09. The molecule has 1 rings (SSSR count). The Balaban J connectivity index is 2.91. The predicted molar refractivity (Wildman–Crippen MR) is 60.7 cm³/mol. The zero-order valence-corrected chi connectivity index (χ0v) is 10.3. The van der Waals surface area contributed by atoms with Crippen LogP contribution in [0.2, 0.25) is 0 Å². The van der Waals surface area contributed by atoms with E-state index in [1.165, 1.54) is 6.92 Å². The van der Waals surface area contributed by atoms with Crippen LogP contribution in [0.25, 0.3) is 0 Å². The van der Waals surface area contributed by atoms with Crippen LogP contribution in [-0.2, 0) is 14.8 Å². The van der Waals surface area contributed by atoms with Crippen LogP contribution in [0.15, 0.2) is 0 Å². The second-order valence-corrected chi connectivity index (χ2v) is 6.32. The second kappa shape index (κ2) is 5.14. The normalized spacial score (nSPS) is 21.3. The van der Waals surface area contributed by atoms with Crippen LogP contribution in [0.3, 0.4) is 0 Å². The van der Waals surface area contributed by atoms with Gasteiger partial charge in [-0.3, -0.25) is 4.79 Å². The molecule has 0 amide bonds. The van der Waals surface area contributed by atoms with Crippen LogP contribution in [0.5, 0.6) is 0 Å². The average molecular weight is 249 g/mol. The summed E-state index contributed by atoms with van der Waals surface area (Å²) in [6.07, 6.45) is 4.26. The summed E-state index contributed by atoms with van der Waals surface area (Å²) in [4.78, 5) is 11.3. The molecule has 1 aliphatic rings. The van der Waals surface area contributed by atoms with Gasteiger partial charge in [-0.15, -0.1) is 0 Å². The van der Waals surface area contributed by atoms with Gasteiger partial charge in [0.25, 0.3) is 0 Å². The Bertz CT molecular complexity index is 342. The molecule has 0 aromatic carbocycles. The van der Waals surface area contributed by atoms with E-state index >= 15 is 0 Å². The van der Waals surface area contributed by atoms with E-state index in [2.05, 4.69) is 4.72 Å². The number of carboxylic acids is 1. The predicted octanol–water partition coefficient (Wildman–Crippen LogP) is 1.10. The standard InChI is InChI=1S/C10H19NO4S/c1-2-16(14,15)11-10(9(12)13)7-5-3-4-6-8-10/h11H,2-8H2,1H3,(H,12,13). The summed E-state index contributed by atoms with van der Waals surface area (Å²) in [6, 6.07) is 0. The van der Waals surface area contributed by atoms with Crippen molar-refractivity contribution >= 4 is 16.0 Å². The fraction of sp³-hybridized carbons (Fsp3) is 0.900. The third-order valence-electron chi connectivity index (χ3n) is 3.10.